The summed E-state index contributed by atoms with van der Waals surface area (Å²) in [6.45, 7) is -9.73. The second-order valence-electron chi connectivity index (χ2n) is 4.39. The second kappa shape index (κ2) is 5.77. The number of fused-ring (bicyclic) bond motifs is 1. The van der Waals surface area contributed by atoms with Gasteiger partial charge in [0.25, 0.3) is 0 Å². The van der Waals surface area contributed by atoms with E-state index in [9.17, 15) is 4.79 Å². The lowest BCUT2D eigenvalue weighted by Crippen LogP contribution is -2.28. The molecule has 1 aromatic carbocycles. The largest absolute Gasteiger partial charge is 0.447 e. The number of amides is 1. The summed E-state index contributed by atoms with van der Waals surface area (Å²) in [5.41, 5.74) is -0.981. The minimum absolute atomic E-state index is 0.0866. The number of cyclic esters (lactones) is 1. The molecule has 3 rings (SSSR count). The molecule has 1 fully saturated rings. The van der Waals surface area contributed by atoms with Crippen molar-refractivity contribution in [3.05, 3.63) is 35.4 Å². The molecule has 2 aromatic rings. The molecule has 5 heteroatoms. The van der Waals surface area contributed by atoms with Gasteiger partial charge in [-0.3, -0.25) is 0 Å². The summed E-state index contributed by atoms with van der Waals surface area (Å²) in [7, 11) is 0. The van der Waals surface area contributed by atoms with Crippen LogP contribution in [0.2, 0.25) is 2.82 Å². The highest BCUT2D eigenvalue weighted by Crippen LogP contribution is 2.21. The van der Waals surface area contributed by atoms with Crippen LogP contribution in [0.1, 0.15) is 28.9 Å². The molecule has 1 aliphatic rings. The molecule has 1 aromatic heterocycles. The van der Waals surface area contributed by atoms with Crippen molar-refractivity contribution in [2.75, 3.05) is 27.1 Å². The Kier molecular flexibility index (Phi) is 1.30. The molecule has 1 atom stereocenters. The van der Waals surface area contributed by atoms with Crippen LogP contribution in [0.4, 0.5) is 4.79 Å². The van der Waals surface area contributed by atoms with Crippen LogP contribution in [0, 0.1) is 0 Å². The van der Waals surface area contributed by atoms with E-state index >= 15 is 0 Å². The number of rotatable bonds is 5. The Balaban J connectivity index is 2.19. The first-order valence-corrected chi connectivity index (χ1v) is 6.08. The molecule has 5 nitrogen and oxygen atoms in total. The number of nitrogens with zero attached hydrogens (tertiary/aromatic N) is 1. The third-order valence-electron chi connectivity index (χ3n) is 2.86. The van der Waals surface area contributed by atoms with Gasteiger partial charge >= 0.3 is 6.09 Å². The normalized spacial score (nSPS) is 36.1. The van der Waals surface area contributed by atoms with Crippen LogP contribution in [-0.2, 0) is 17.6 Å². The number of aromatic amines is 1. The van der Waals surface area contributed by atoms with Gasteiger partial charge in [-0.2, -0.15) is 0 Å². The zero-order chi connectivity index (χ0) is 27.8. The maximum atomic E-state index is 11.7. The first kappa shape index (κ1) is 4.74. The molecule has 0 unspecified atom stereocenters. The van der Waals surface area contributed by atoms with E-state index in [-0.39, 0.29) is 26.7 Å². The highest BCUT2D eigenvalue weighted by Gasteiger charge is 2.22. The maximum absolute atomic E-state index is 11.7. The van der Waals surface area contributed by atoms with Crippen LogP contribution in [-0.4, -0.2) is 49.0 Å². The standard InChI is InChI=1S/C16H21N3O2/c1-19(2)6-5-12-9-17-15-4-3-11(8-14(12)15)7-13-10-21-16(20)18-13/h3-4,8-9,13,17H,5-7,10H2,1-2H3,(H,18,20)/t13-/m0/s1/i1D3,2D3,3D,4D,8D,9D,10D2,13D/hD2. The van der Waals surface area contributed by atoms with Crippen LogP contribution in [0.5, 0.6) is 0 Å². The molecule has 0 saturated carbocycles. The van der Waals surface area contributed by atoms with E-state index in [1.807, 2.05) is 0 Å². The van der Waals surface area contributed by atoms with Crippen molar-refractivity contribution in [1.29, 1.82) is 0 Å². The summed E-state index contributed by atoms with van der Waals surface area (Å²) < 4.78 is 123. The molecule has 21 heavy (non-hydrogen) atoms. The lowest BCUT2D eigenvalue weighted by molar-refractivity contribution is 0.177. The van der Waals surface area contributed by atoms with Gasteiger partial charge in [-0.05, 0) is 50.0 Å². The second-order valence-corrected chi connectivity index (χ2v) is 4.39. The van der Waals surface area contributed by atoms with Crippen molar-refractivity contribution in [2.24, 2.45) is 0 Å². The summed E-state index contributed by atoms with van der Waals surface area (Å²) in [4.78, 5) is 12.4. The monoisotopic (exact) mass is 302 g/mol. The molecule has 1 saturated heterocycles. The Hall–Kier alpha value is -2.01. The lowest BCUT2D eigenvalue weighted by Gasteiger charge is -2.09. The third-order valence-corrected chi connectivity index (χ3v) is 2.86. The van der Waals surface area contributed by atoms with E-state index in [0.29, 0.717) is 4.98 Å². The fraction of sp³-hybridized carbons (Fsp3) is 0.438. The average Bonchev–Trinajstić information content (AvgIpc) is 3.05. The molecule has 1 aliphatic heterocycles. The first-order chi connectivity index (χ1) is 16.2. The highest BCUT2D eigenvalue weighted by atomic mass is 16.6. The predicted molar refractivity (Wildman–Crippen MR) is 82.5 cm³/mol. The lowest BCUT2D eigenvalue weighted by atomic mass is 10.0. The molecular weight excluding hydrogens is 266 g/mol. The fourth-order valence-corrected chi connectivity index (χ4v) is 1.91. The number of benzene rings is 1. The number of hydrogen-bond donors (Lipinski definition) is 2. The molecule has 112 valence electrons. The number of hydrogen-bond acceptors (Lipinski definition) is 3. The van der Waals surface area contributed by atoms with Crippen molar-refractivity contribution in [1.82, 2.24) is 15.2 Å². The molecule has 2 heterocycles. The highest BCUT2D eigenvalue weighted by molar-refractivity contribution is 5.84. The summed E-state index contributed by atoms with van der Waals surface area (Å²) >= 11 is 0. The smallest absolute Gasteiger partial charge is 0.407 e. The SMILES string of the molecule is [2H]c1c(C[C@]2([2H])N([2H])C(=O)OC2([2H])[2H])c([2H])c2c(CCN(C([2H])([2H])[2H])C([2H])([2H])[2H])c([2H])n([2H])c2c1[2H]. The molecular formula is C16H21N3O2. The Morgan fingerprint density at radius 2 is 2.57 bits per heavy atom. The van der Waals surface area contributed by atoms with Crippen LogP contribution < -0.4 is 5.31 Å². The Morgan fingerprint density at radius 3 is 3.33 bits per heavy atom. The summed E-state index contributed by atoms with van der Waals surface area (Å²) in [6.07, 6.45) is -3.43. The number of carbonyl (C=O) groups excluding carboxylic acids is 1. The van der Waals surface area contributed by atoms with Crippen LogP contribution in [0.3, 0.4) is 0 Å². The number of ether oxygens (including phenoxy) is 1. The summed E-state index contributed by atoms with van der Waals surface area (Å²) in [6, 6.07) is -4.72. The van der Waals surface area contributed by atoms with Gasteiger partial charge in [-0.25, -0.2) is 4.79 Å². The minimum atomic E-state index is -3.04. The van der Waals surface area contributed by atoms with Gasteiger partial charge in [0.05, 0.1) is 15.6 Å². The van der Waals surface area contributed by atoms with Gasteiger partial charge in [0.1, 0.15) is 6.56 Å². The summed E-state index contributed by atoms with van der Waals surface area (Å²) in [5.74, 6) is 0. The van der Waals surface area contributed by atoms with Crippen LogP contribution >= 0.6 is 0 Å². The number of carbonyl (C=O) groups is 1. The molecule has 0 radical (unpaired) electrons. The number of aromatic nitrogens is 1. The van der Waals surface area contributed by atoms with E-state index in [1.54, 1.807) is 0 Å². The van der Waals surface area contributed by atoms with Crippen LogP contribution in [0.15, 0.2) is 24.3 Å². The number of nitrogens with one attached hydrogen (secondary N) is 2. The zero-order valence-corrected chi connectivity index (χ0v) is 10.8. The quantitative estimate of drug-likeness (QED) is 0.887. The van der Waals surface area contributed by atoms with Crippen molar-refractivity contribution in [3.8, 4) is 0 Å². The van der Waals surface area contributed by atoms with Crippen molar-refractivity contribution in [3.63, 3.8) is 0 Å². The molecule has 0 aliphatic carbocycles. The molecule has 0 bridgehead atoms. The van der Waals surface area contributed by atoms with Gasteiger partial charge in [0, 0.05) is 31.8 Å². The average molecular weight is 302 g/mol. The van der Waals surface area contributed by atoms with Gasteiger partial charge < -0.3 is 19.9 Å². The fourth-order valence-electron chi connectivity index (χ4n) is 1.91. The van der Waals surface area contributed by atoms with Gasteiger partial charge in [0.2, 0.25) is 0 Å². The van der Waals surface area contributed by atoms with Gasteiger partial charge in [-0.1, -0.05) is 6.04 Å². The van der Waals surface area contributed by atoms with Gasteiger partial charge in [-0.15, -0.1) is 0 Å². The third kappa shape index (κ3) is 3.19. The molecule has 0 spiro atoms. The predicted octanol–water partition coefficient (Wildman–Crippen LogP) is 1.92. The van der Waals surface area contributed by atoms with E-state index in [1.165, 1.54) is 0 Å². The molecule has 1 amide bonds. The van der Waals surface area contributed by atoms with E-state index < -0.39 is 81.9 Å². The first-order valence-electron chi connectivity index (χ1n) is 13.5. The van der Waals surface area contributed by atoms with Crippen molar-refractivity contribution in [2.45, 2.75) is 18.9 Å². The number of H-pyrrole nitrogens is 1. The maximum Gasteiger partial charge on any atom is 0.407 e. The Morgan fingerprint density at radius 1 is 1.67 bits per heavy atom. The van der Waals surface area contributed by atoms with Crippen LogP contribution in [0.25, 0.3) is 10.9 Å². The van der Waals surface area contributed by atoms with E-state index in [4.69, 9.17) is 20.6 Å². The van der Waals surface area contributed by atoms with Crippen molar-refractivity contribution < 1.29 is 30.2 Å². The van der Waals surface area contributed by atoms with E-state index in [0.717, 1.165) is 0 Å². The van der Waals surface area contributed by atoms with Crippen molar-refractivity contribution >= 4 is 17.0 Å². The zero-order valence-electron chi connectivity index (χ0n) is 25.8. The molecule has 2 N–H and O–H groups in total. The Labute approximate surface area is 145 Å². The summed E-state index contributed by atoms with van der Waals surface area (Å²) in [5, 5.41) is -0.343. The number of alkyl carbamates (subject to hydrolysis) is 1. The van der Waals surface area contributed by atoms with E-state index in [2.05, 4.69) is 4.74 Å². The minimum Gasteiger partial charge on any atom is -0.447 e. The number of likely N-dealkylation sites (N-methyl/N-ethyl adjacent to an activating group) is 1. The topological polar surface area (TPSA) is 57.4 Å². The van der Waals surface area contributed by atoms with Gasteiger partial charge in [0.15, 0.2) is 2.82 Å². The Bertz CT molecular complexity index is 1210.